The van der Waals surface area contributed by atoms with Gasteiger partial charge in [0.25, 0.3) is 0 Å². The van der Waals surface area contributed by atoms with Gasteiger partial charge >= 0.3 is 6.18 Å². The van der Waals surface area contributed by atoms with Crippen LogP contribution in [0.2, 0.25) is 0 Å². The Morgan fingerprint density at radius 2 is 2.00 bits per heavy atom. The SMILES string of the molecule is CC(CCCC(F)(F)F)NCCCN1CCCCC1C. The second-order valence-corrected chi connectivity index (χ2v) is 6.10. The van der Waals surface area contributed by atoms with Crippen molar-refractivity contribution < 1.29 is 13.2 Å². The van der Waals surface area contributed by atoms with Gasteiger partial charge in [0.1, 0.15) is 0 Å². The van der Waals surface area contributed by atoms with Crippen LogP contribution in [0.3, 0.4) is 0 Å². The zero-order chi connectivity index (χ0) is 15.0. The lowest BCUT2D eigenvalue weighted by atomic mass is 10.0. The summed E-state index contributed by atoms with van der Waals surface area (Å²) in [6.07, 6.45) is 1.15. The van der Waals surface area contributed by atoms with E-state index in [4.69, 9.17) is 0 Å². The van der Waals surface area contributed by atoms with Crippen molar-refractivity contribution in [3.05, 3.63) is 0 Å². The van der Waals surface area contributed by atoms with Gasteiger partial charge in [-0.1, -0.05) is 6.42 Å². The van der Waals surface area contributed by atoms with Crippen LogP contribution in [0, 0.1) is 0 Å². The Bertz CT molecular complexity index is 256. The second-order valence-electron chi connectivity index (χ2n) is 6.10. The van der Waals surface area contributed by atoms with Gasteiger partial charge in [-0.25, -0.2) is 0 Å². The zero-order valence-corrected chi connectivity index (χ0v) is 12.8. The third-order valence-electron chi connectivity index (χ3n) is 4.15. The summed E-state index contributed by atoms with van der Waals surface area (Å²) in [6.45, 7) is 7.45. The molecule has 2 unspecified atom stereocenters. The number of nitrogens with one attached hydrogen (secondary N) is 1. The van der Waals surface area contributed by atoms with E-state index in [9.17, 15) is 13.2 Å². The van der Waals surface area contributed by atoms with Crippen molar-refractivity contribution in [1.82, 2.24) is 10.2 Å². The lowest BCUT2D eigenvalue weighted by molar-refractivity contribution is -0.135. The van der Waals surface area contributed by atoms with Crippen molar-refractivity contribution >= 4 is 0 Å². The zero-order valence-electron chi connectivity index (χ0n) is 12.8. The Morgan fingerprint density at radius 1 is 1.25 bits per heavy atom. The van der Waals surface area contributed by atoms with Crippen LogP contribution in [0.25, 0.3) is 0 Å². The Kier molecular flexibility index (Phi) is 7.88. The van der Waals surface area contributed by atoms with Crippen LogP contribution in [-0.4, -0.2) is 42.8 Å². The van der Waals surface area contributed by atoms with Crippen LogP contribution in [0.4, 0.5) is 13.2 Å². The number of nitrogens with zero attached hydrogens (tertiary/aromatic N) is 1. The fourth-order valence-corrected chi connectivity index (χ4v) is 2.83. The molecule has 1 heterocycles. The molecule has 1 N–H and O–H groups in total. The number of rotatable bonds is 8. The molecular formula is C15H29F3N2. The highest BCUT2D eigenvalue weighted by molar-refractivity contribution is 4.73. The summed E-state index contributed by atoms with van der Waals surface area (Å²) in [7, 11) is 0. The lowest BCUT2D eigenvalue weighted by Crippen LogP contribution is -2.39. The minimum absolute atomic E-state index is 0.177. The molecule has 0 bridgehead atoms. The average molecular weight is 294 g/mol. The largest absolute Gasteiger partial charge is 0.389 e. The highest BCUT2D eigenvalue weighted by Gasteiger charge is 2.26. The first kappa shape index (κ1) is 17.8. The van der Waals surface area contributed by atoms with Crippen LogP contribution >= 0.6 is 0 Å². The molecule has 5 heteroatoms. The van der Waals surface area contributed by atoms with Gasteiger partial charge in [-0.2, -0.15) is 13.2 Å². The molecule has 0 aromatic rings. The summed E-state index contributed by atoms with van der Waals surface area (Å²) in [4.78, 5) is 2.53. The van der Waals surface area contributed by atoms with E-state index < -0.39 is 12.6 Å². The summed E-state index contributed by atoms with van der Waals surface area (Å²) < 4.78 is 36.1. The van der Waals surface area contributed by atoms with Crippen molar-refractivity contribution in [2.75, 3.05) is 19.6 Å². The summed E-state index contributed by atoms with van der Waals surface area (Å²) in [6, 6.07) is 0.865. The molecule has 1 fully saturated rings. The van der Waals surface area contributed by atoms with E-state index in [1.807, 2.05) is 6.92 Å². The van der Waals surface area contributed by atoms with E-state index >= 15 is 0 Å². The molecule has 0 aliphatic carbocycles. The number of alkyl halides is 3. The van der Waals surface area contributed by atoms with Gasteiger partial charge in [0.15, 0.2) is 0 Å². The lowest BCUT2D eigenvalue weighted by Gasteiger charge is -2.33. The first-order valence-corrected chi connectivity index (χ1v) is 7.92. The van der Waals surface area contributed by atoms with E-state index in [1.54, 1.807) is 0 Å². The van der Waals surface area contributed by atoms with Crippen molar-refractivity contribution in [1.29, 1.82) is 0 Å². The number of hydrogen-bond donors (Lipinski definition) is 1. The van der Waals surface area contributed by atoms with E-state index in [0.29, 0.717) is 12.5 Å². The number of halogens is 3. The Labute approximate surface area is 121 Å². The van der Waals surface area contributed by atoms with E-state index in [1.165, 1.54) is 25.8 Å². The van der Waals surface area contributed by atoms with Gasteiger partial charge in [-0.3, -0.25) is 0 Å². The molecule has 1 aliphatic rings. The van der Waals surface area contributed by atoms with Gasteiger partial charge in [0, 0.05) is 18.5 Å². The second kappa shape index (κ2) is 8.88. The molecule has 1 rings (SSSR count). The smallest absolute Gasteiger partial charge is 0.314 e. The molecule has 0 aromatic carbocycles. The molecule has 20 heavy (non-hydrogen) atoms. The predicted molar refractivity (Wildman–Crippen MR) is 76.9 cm³/mol. The van der Waals surface area contributed by atoms with Crippen LogP contribution in [0.5, 0.6) is 0 Å². The van der Waals surface area contributed by atoms with Crippen LogP contribution in [0.1, 0.15) is 58.8 Å². The van der Waals surface area contributed by atoms with E-state index in [2.05, 4.69) is 17.1 Å². The molecule has 0 radical (unpaired) electrons. The highest BCUT2D eigenvalue weighted by Crippen LogP contribution is 2.22. The van der Waals surface area contributed by atoms with E-state index in [0.717, 1.165) is 19.5 Å². The fraction of sp³-hybridized carbons (Fsp3) is 1.00. The van der Waals surface area contributed by atoms with Crippen LogP contribution < -0.4 is 5.32 Å². The van der Waals surface area contributed by atoms with Gasteiger partial charge in [-0.05, 0) is 65.6 Å². The Hall–Kier alpha value is -0.290. The molecule has 1 saturated heterocycles. The standard InChI is InChI=1S/C15H29F3N2/c1-13(7-5-9-15(16,17)18)19-10-6-12-20-11-4-3-8-14(20)2/h13-14,19H,3-12H2,1-2H3. The van der Waals surface area contributed by atoms with Gasteiger partial charge in [0.2, 0.25) is 0 Å². The van der Waals surface area contributed by atoms with E-state index in [-0.39, 0.29) is 12.5 Å². The maximum atomic E-state index is 12.0. The maximum absolute atomic E-state index is 12.0. The Morgan fingerprint density at radius 3 is 2.65 bits per heavy atom. The molecule has 2 nitrogen and oxygen atoms in total. The minimum atomic E-state index is -4.01. The van der Waals surface area contributed by atoms with Gasteiger partial charge in [0.05, 0.1) is 0 Å². The quantitative estimate of drug-likeness (QED) is 0.682. The van der Waals surface area contributed by atoms with Gasteiger partial charge < -0.3 is 10.2 Å². The topological polar surface area (TPSA) is 15.3 Å². The first-order chi connectivity index (χ1) is 9.38. The summed E-state index contributed by atoms with van der Waals surface area (Å²) >= 11 is 0. The van der Waals surface area contributed by atoms with Gasteiger partial charge in [-0.15, -0.1) is 0 Å². The third kappa shape index (κ3) is 8.10. The number of likely N-dealkylation sites (tertiary alicyclic amines) is 1. The molecule has 1 aliphatic heterocycles. The maximum Gasteiger partial charge on any atom is 0.389 e. The molecule has 0 spiro atoms. The third-order valence-corrected chi connectivity index (χ3v) is 4.15. The average Bonchev–Trinajstić information content (AvgIpc) is 2.35. The number of hydrogen-bond acceptors (Lipinski definition) is 2. The summed E-state index contributed by atoms with van der Waals surface area (Å²) in [5.74, 6) is 0. The minimum Gasteiger partial charge on any atom is -0.314 e. The van der Waals surface area contributed by atoms with Crippen LogP contribution in [0.15, 0.2) is 0 Å². The van der Waals surface area contributed by atoms with Crippen molar-refractivity contribution in [3.63, 3.8) is 0 Å². The monoisotopic (exact) mass is 294 g/mol. The summed E-state index contributed by atoms with van der Waals surface area (Å²) in [5.41, 5.74) is 0. The number of piperidine rings is 1. The highest BCUT2D eigenvalue weighted by atomic mass is 19.4. The van der Waals surface area contributed by atoms with Crippen molar-refractivity contribution in [2.24, 2.45) is 0 Å². The normalized spacial score (nSPS) is 22.9. The summed E-state index contributed by atoms with van der Waals surface area (Å²) in [5, 5.41) is 3.33. The predicted octanol–water partition coefficient (Wildman–Crippen LogP) is 3.96. The molecule has 120 valence electrons. The fourth-order valence-electron chi connectivity index (χ4n) is 2.83. The molecule has 0 aromatic heterocycles. The van der Waals surface area contributed by atoms with Crippen LogP contribution in [-0.2, 0) is 0 Å². The first-order valence-electron chi connectivity index (χ1n) is 7.92. The van der Waals surface area contributed by atoms with Crippen molar-refractivity contribution in [2.45, 2.75) is 77.1 Å². The Balaban J connectivity index is 2.00. The van der Waals surface area contributed by atoms with Crippen molar-refractivity contribution in [3.8, 4) is 0 Å². The molecule has 0 saturated carbocycles. The molecule has 2 atom stereocenters. The molecule has 0 amide bonds. The molecular weight excluding hydrogens is 265 g/mol.